The van der Waals surface area contributed by atoms with Gasteiger partial charge in [0, 0.05) is 19.0 Å². The van der Waals surface area contributed by atoms with Crippen molar-refractivity contribution in [3.8, 4) is 11.5 Å². The van der Waals surface area contributed by atoms with E-state index in [-0.39, 0.29) is 11.4 Å². The second kappa shape index (κ2) is 4.72. The van der Waals surface area contributed by atoms with Gasteiger partial charge in [-0.25, -0.2) is 0 Å². The van der Waals surface area contributed by atoms with Gasteiger partial charge in [-0.2, -0.15) is 4.98 Å². The summed E-state index contributed by atoms with van der Waals surface area (Å²) in [4.78, 5) is 15.2. The van der Waals surface area contributed by atoms with Crippen molar-refractivity contribution >= 4 is 5.91 Å². The second-order valence-electron chi connectivity index (χ2n) is 5.19. The number of amides is 1. The number of hydrogen-bond donors (Lipinski definition) is 2. The van der Waals surface area contributed by atoms with Crippen LogP contribution in [0, 0.1) is 0 Å². The van der Waals surface area contributed by atoms with Gasteiger partial charge in [0.15, 0.2) is 5.82 Å². The molecule has 1 amide bonds. The van der Waals surface area contributed by atoms with Gasteiger partial charge in [0.25, 0.3) is 5.89 Å². The summed E-state index contributed by atoms with van der Waals surface area (Å²) in [6.45, 7) is 2.01. The Bertz CT molecular complexity index is 629. The lowest BCUT2D eigenvalue weighted by Crippen LogP contribution is -2.20. The Morgan fingerprint density at radius 3 is 2.70 bits per heavy atom. The molecule has 104 valence electrons. The van der Waals surface area contributed by atoms with Gasteiger partial charge in [0.2, 0.25) is 5.91 Å². The number of rotatable bonds is 4. The summed E-state index contributed by atoms with van der Waals surface area (Å²) < 4.78 is 5.24. The predicted octanol–water partition coefficient (Wildman–Crippen LogP) is 1.32. The molecular formula is C14H16N4O2. The second-order valence-corrected chi connectivity index (χ2v) is 5.19. The fraction of sp³-hybridized carbons (Fsp3) is 0.357. The number of nitrogens with zero attached hydrogens (tertiary/aromatic N) is 2. The fourth-order valence-electron chi connectivity index (χ4n) is 1.89. The van der Waals surface area contributed by atoms with E-state index >= 15 is 0 Å². The van der Waals surface area contributed by atoms with Crippen molar-refractivity contribution in [1.29, 1.82) is 0 Å². The highest BCUT2D eigenvalue weighted by molar-refractivity contribution is 5.72. The van der Waals surface area contributed by atoms with Crippen molar-refractivity contribution in [3.63, 3.8) is 0 Å². The first-order valence-electron chi connectivity index (χ1n) is 6.54. The van der Waals surface area contributed by atoms with Crippen LogP contribution in [-0.2, 0) is 16.9 Å². The van der Waals surface area contributed by atoms with Gasteiger partial charge in [-0.15, -0.1) is 0 Å². The summed E-state index contributed by atoms with van der Waals surface area (Å²) in [7, 11) is 0. The zero-order chi connectivity index (χ0) is 14.2. The highest BCUT2D eigenvalue weighted by Crippen LogP contribution is 2.41. The van der Waals surface area contributed by atoms with Crippen molar-refractivity contribution in [2.45, 2.75) is 31.8 Å². The summed E-state index contributed by atoms with van der Waals surface area (Å²) in [6, 6.07) is 7.63. The van der Waals surface area contributed by atoms with E-state index in [1.165, 1.54) is 6.92 Å². The van der Waals surface area contributed by atoms with Crippen molar-refractivity contribution in [1.82, 2.24) is 15.5 Å². The monoisotopic (exact) mass is 272 g/mol. The Morgan fingerprint density at radius 1 is 1.40 bits per heavy atom. The number of carbonyl (C=O) groups is 1. The molecular weight excluding hydrogens is 256 g/mol. The van der Waals surface area contributed by atoms with Crippen molar-refractivity contribution in [2.24, 2.45) is 5.73 Å². The lowest BCUT2D eigenvalue weighted by molar-refractivity contribution is -0.119. The van der Waals surface area contributed by atoms with E-state index in [9.17, 15) is 4.79 Å². The third-order valence-corrected chi connectivity index (χ3v) is 3.40. The SMILES string of the molecule is CC(=O)NCc1ccc(-c2nc(C3(N)CC3)no2)cc1. The number of aromatic nitrogens is 2. The maximum atomic E-state index is 10.9. The van der Waals surface area contributed by atoms with Crippen molar-refractivity contribution in [3.05, 3.63) is 35.7 Å². The van der Waals surface area contributed by atoms with Crippen LogP contribution in [0.5, 0.6) is 0 Å². The van der Waals surface area contributed by atoms with Crippen LogP contribution >= 0.6 is 0 Å². The molecule has 6 nitrogen and oxygen atoms in total. The highest BCUT2D eigenvalue weighted by atomic mass is 16.5. The number of hydrogen-bond acceptors (Lipinski definition) is 5. The molecule has 6 heteroatoms. The normalized spacial score (nSPS) is 15.9. The first-order valence-corrected chi connectivity index (χ1v) is 6.54. The van der Waals surface area contributed by atoms with Crippen LogP contribution in [0.25, 0.3) is 11.5 Å². The molecule has 0 aliphatic heterocycles. The summed E-state index contributed by atoms with van der Waals surface area (Å²) >= 11 is 0. The van der Waals surface area contributed by atoms with Crippen LogP contribution in [0.2, 0.25) is 0 Å². The van der Waals surface area contributed by atoms with Gasteiger partial charge in [-0.1, -0.05) is 17.3 Å². The molecule has 0 atom stereocenters. The molecule has 1 aromatic carbocycles. The molecule has 3 rings (SSSR count). The molecule has 1 saturated carbocycles. The van der Waals surface area contributed by atoms with E-state index in [0.717, 1.165) is 24.0 Å². The quantitative estimate of drug-likeness (QED) is 0.875. The topological polar surface area (TPSA) is 94.0 Å². The summed E-state index contributed by atoms with van der Waals surface area (Å²) in [5.74, 6) is 1.01. The number of nitrogens with one attached hydrogen (secondary N) is 1. The zero-order valence-electron chi connectivity index (χ0n) is 11.2. The molecule has 1 heterocycles. The molecule has 0 spiro atoms. The van der Waals surface area contributed by atoms with Gasteiger partial charge in [0.1, 0.15) is 0 Å². The lowest BCUT2D eigenvalue weighted by atomic mass is 10.1. The Labute approximate surface area is 116 Å². The highest BCUT2D eigenvalue weighted by Gasteiger charge is 2.44. The Kier molecular flexibility index (Phi) is 3.02. The van der Waals surface area contributed by atoms with E-state index in [2.05, 4.69) is 15.5 Å². The molecule has 1 aliphatic carbocycles. The number of nitrogens with two attached hydrogens (primary N) is 1. The third-order valence-electron chi connectivity index (χ3n) is 3.40. The standard InChI is InChI=1S/C14H16N4O2/c1-9(19)16-8-10-2-4-11(5-3-10)12-17-13(18-20-12)14(15)6-7-14/h2-5H,6-8,15H2,1H3,(H,16,19). The molecule has 2 aromatic rings. The van der Waals surface area contributed by atoms with E-state index < -0.39 is 0 Å². The molecule has 1 aromatic heterocycles. The summed E-state index contributed by atoms with van der Waals surface area (Å²) in [6.07, 6.45) is 1.81. The van der Waals surface area contributed by atoms with Crippen molar-refractivity contribution in [2.75, 3.05) is 0 Å². The fourth-order valence-corrected chi connectivity index (χ4v) is 1.89. The maximum Gasteiger partial charge on any atom is 0.257 e. The van der Waals surface area contributed by atoms with Crippen LogP contribution in [0.1, 0.15) is 31.2 Å². The first-order chi connectivity index (χ1) is 9.57. The average molecular weight is 272 g/mol. The number of carbonyl (C=O) groups excluding carboxylic acids is 1. The molecule has 1 aliphatic rings. The first kappa shape index (κ1) is 12.8. The van der Waals surface area contributed by atoms with Gasteiger partial charge >= 0.3 is 0 Å². The largest absolute Gasteiger partial charge is 0.352 e. The van der Waals surface area contributed by atoms with E-state index in [1.807, 2.05) is 24.3 Å². The minimum absolute atomic E-state index is 0.0479. The molecule has 0 saturated heterocycles. The van der Waals surface area contributed by atoms with Crippen LogP contribution in [-0.4, -0.2) is 16.0 Å². The predicted molar refractivity (Wildman–Crippen MR) is 72.4 cm³/mol. The molecule has 0 unspecified atom stereocenters. The molecule has 0 bridgehead atoms. The molecule has 1 fully saturated rings. The van der Waals surface area contributed by atoms with Crippen LogP contribution in [0.3, 0.4) is 0 Å². The van der Waals surface area contributed by atoms with E-state index in [0.29, 0.717) is 18.3 Å². The molecule has 0 radical (unpaired) electrons. The third kappa shape index (κ3) is 2.55. The van der Waals surface area contributed by atoms with E-state index in [4.69, 9.17) is 10.3 Å². The summed E-state index contributed by atoms with van der Waals surface area (Å²) in [5.41, 5.74) is 7.51. The smallest absolute Gasteiger partial charge is 0.257 e. The Balaban J connectivity index is 1.74. The lowest BCUT2D eigenvalue weighted by Gasteiger charge is -2.02. The van der Waals surface area contributed by atoms with Gasteiger partial charge in [-0.3, -0.25) is 4.79 Å². The van der Waals surface area contributed by atoms with Crippen LogP contribution in [0.15, 0.2) is 28.8 Å². The van der Waals surface area contributed by atoms with Gasteiger partial charge in [0.05, 0.1) is 5.54 Å². The van der Waals surface area contributed by atoms with Gasteiger partial charge < -0.3 is 15.6 Å². The Hall–Kier alpha value is -2.21. The molecule has 3 N–H and O–H groups in total. The summed E-state index contributed by atoms with van der Waals surface area (Å²) in [5, 5.41) is 6.69. The van der Waals surface area contributed by atoms with Gasteiger partial charge in [-0.05, 0) is 30.5 Å². The molecule has 20 heavy (non-hydrogen) atoms. The van der Waals surface area contributed by atoms with E-state index in [1.54, 1.807) is 0 Å². The number of benzene rings is 1. The average Bonchev–Trinajstić information content (AvgIpc) is 3.01. The van der Waals surface area contributed by atoms with Crippen molar-refractivity contribution < 1.29 is 9.32 Å². The van der Waals surface area contributed by atoms with Crippen LogP contribution < -0.4 is 11.1 Å². The minimum atomic E-state index is -0.382. The Morgan fingerprint density at radius 2 is 2.10 bits per heavy atom. The zero-order valence-corrected chi connectivity index (χ0v) is 11.2. The minimum Gasteiger partial charge on any atom is -0.352 e. The van der Waals surface area contributed by atoms with Crippen LogP contribution in [0.4, 0.5) is 0 Å². The maximum absolute atomic E-state index is 10.9.